The number of aryl methyl sites for hydroxylation is 1. The summed E-state index contributed by atoms with van der Waals surface area (Å²) in [7, 11) is -3.93. The number of aromatic carboxylic acids is 1. The number of carboxylic acid groups (broad SMARTS) is 1. The van der Waals surface area contributed by atoms with Gasteiger partial charge in [0, 0.05) is 18.8 Å². The van der Waals surface area contributed by atoms with E-state index in [1.807, 2.05) is 13.8 Å². The van der Waals surface area contributed by atoms with Crippen molar-refractivity contribution in [1.82, 2.24) is 4.90 Å². The van der Waals surface area contributed by atoms with Crippen LogP contribution in [0.2, 0.25) is 0 Å². The number of carbonyl (C=O) groups is 2. The Hall–Kier alpha value is -2.87. The van der Waals surface area contributed by atoms with Crippen molar-refractivity contribution in [2.45, 2.75) is 32.1 Å². The normalized spacial score (nSPS) is 11.1. The van der Waals surface area contributed by atoms with Crippen LogP contribution in [0.15, 0.2) is 47.4 Å². The van der Waals surface area contributed by atoms with Crippen LogP contribution in [-0.2, 0) is 21.2 Å². The second-order valence-corrected chi connectivity index (χ2v) is 8.01. The fraction of sp³-hybridized carbons (Fsp3) is 0.300. The number of hydrogen-bond acceptors (Lipinski definition) is 4. The van der Waals surface area contributed by atoms with Crippen molar-refractivity contribution in [3.8, 4) is 0 Å². The molecule has 2 rings (SSSR count). The largest absolute Gasteiger partial charge is 0.478 e. The molecule has 0 radical (unpaired) electrons. The molecule has 0 heterocycles. The topological polar surface area (TPSA) is 104 Å². The molecular formula is C20H24N2O5S. The molecule has 0 unspecified atom stereocenters. The number of anilines is 1. The number of likely N-dealkylation sites (N-methyl/N-ethyl adjacent to an activating group) is 1. The Morgan fingerprint density at radius 3 is 2.18 bits per heavy atom. The molecule has 0 aliphatic rings. The van der Waals surface area contributed by atoms with Crippen molar-refractivity contribution in [3.63, 3.8) is 0 Å². The van der Waals surface area contributed by atoms with Crippen LogP contribution in [0.1, 0.15) is 35.3 Å². The first-order valence-electron chi connectivity index (χ1n) is 8.91. The number of benzene rings is 2. The zero-order valence-electron chi connectivity index (χ0n) is 16.1. The van der Waals surface area contributed by atoms with Crippen LogP contribution in [0.5, 0.6) is 0 Å². The summed E-state index contributed by atoms with van der Waals surface area (Å²) in [5.74, 6) is -1.17. The lowest BCUT2D eigenvalue weighted by Crippen LogP contribution is -2.31. The monoisotopic (exact) mass is 404 g/mol. The van der Waals surface area contributed by atoms with Gasteiger partial charge in [0.1, 0.15) is 0 Å². The van der Waals surface area contributed by atoms with Crippen molar-refractivity contribution in [2.24, 2.45) is 0 Å². The minimum absolute atomic E-state index is 0.0131. The van der Waals surface area contributed by atoms with E-state index in [1.54, 1.807) is 36.1 Å². The molecule has 0 atom stereocenters. The number of sulfonamides is 1. The molecule has 0 aromatic heterocycles. The fourth-order valence-electron chi connectivity index (χ4n) is 2.77. The van der Waals surface area contributed by atoms with Gasteiger partial charge in [-0.15, -0.1) is 0 Å². The lowest BCUT2D eigenvalue weighted by Gasteiger charge is -2.18. The Balaban J connectivity index is 2.16. The third-order valence-electron chi connectivity index (χ3n) is 4.43. The lowest BCUT2D eigenvalue weighted by molar-refractivity contribution is -0.130. The Morgan fingerprint density at radius 1 is 1.04 bits per heavy atom. The molecule has 150 valence electrons. The van der Waals surface area contributed by atoms with Crippen molar-refractivity contribution in [2.75, 3.05) is 17.8 Å². The van der Waals surface area contributed by atoms with E-state index in [4.69, 9.17) is 0 Å². The van der Waals surface area contributed by atoms with Crippen molar-refractivity contribution < 1.29 is 23.1 Å². The van der Waals surface area contributed by atoms with E-state index in [9.17, 15) is 23.1 Å². The maximum Gasteiger partial charge on any atom is 0.335 e. The van der Waals surface area contributed by atoms with E-state index in [2.05, 4.69) is 4.72 Å². The van der Waals surface area contributed by atoms with E-state index in [0.29, 0.717) is 24.3 Å². The molecule has 0 fully saturated rings. The van der Waals surface area contributed by atoms with Gasteiger partial charge < -0.3 is 10.0 Å². The molecule has 0 aliphatic heterocycles. The zero-order valence-corrected chi connectivity index (χ0v) is 16.9. The highest BCUT2D eigenvalue weighted by molar-refractivity contribution is 7.92. The average Bonchev–Trinajstić information content (AvgIpc) is 2.64. The van der Waals surface area contributed by atoms with Gasteiger partial charge in [-0.1, -0.05) is 18.2 Å². The highest BCUT2D eigenvalue weighted by Crippen LogP contribution is 2.20. The van der Waals surface area contributed by atoms with Gasteiger partial charge >= 0.3 is 5.97 Å². The maximum absolute atomic E-state index is 12.6. The number of carboxylic acids is 1. The van der Waals surface area contributed by atoms with Crippen LogP contribution in [0.3, 0.4) is 0 Å². The summed E-state index contributed by atoms with van der Waals surface area (Å²) in [5, 5.41) is 9.18. The second kappa shape index (κ2) is 8.88. The van der Waals surface area contributed by atoms with Gasteiger partial charge in [0.15, 0.2) is 0 Å². The van der Waals surface area contributed by atoms with E-state index < -0.39 is 16.0 Å². The number of hydrogen-bond donors (Lipinski definition) is 2. The lowest BCUT2D eigenvalue weighted by atomic mass is 10.1. The molecule has 0 aliphatic carbocycles. The minimum atomic E-state index is -3.93. The summed E-state index contributed by atoms with van der Waals surface area (Å²) in [6, 6.07) is 10.5. The number of rotatable bonds is 8. The van der Waals surface area contributed by atoms with Gasteiger partial charge in [-0.3, -0.25) is 9.52 Å². The van der Waals surface area contributed by atoms with Gasteiger partial charge in [-0.25, -0.2) is 13.2 Å². The van der Waals surface area contributed by atoms with Crippen LogP contribution in [0.4, 0.5) is 5.69 Å². The Labute approximate surface area is 165 Å². The van der Waals surface area contributed by atoms with E-state index in [-0.39, 0.29) is 22.8 Å². The Kier molecular flexibility index (Phi) is 6.80. The summed E-state index contributed by atoms with van der Waals surface area (Å²) in [6.07, 6.45) is 0.245. The maximum atomic E-state index is 12.6. The summed E-state index contributed by atoms with van der Waals surface area (Å²) < 4.78 is 27.5. The number of amides is 1. The Morgan fingerprint density at radius 2 is 1.64 bits per heavy atom. The number of nitrogens with one attached hydrogen (secondary N) is 1. The minimum Gasteiger partial charge on any atom is -0.478 e. The first-order valence-corrected chi connectivity index (χ1v) is 10.4. The third-order valence-corrected chi connectivity index (χ3v) is 5.81. The predicted molar refractivity (Wildman–Crippen MR) is 107 cm³/mol. The first kappa shape index (κ1) is 21.4. The van der Waals surface area contributed by atoms with Crippen molar-refractivity contribution >= 4 is 27.6 Å². The molecule has 2 aromatic carbocycles. The highest BCUT2D eigenvalue weighted by atomic mass is 32.2. The zero-order chi connectivity index (χ0) is 20.9. The quantitative estimate of drug-likeness (QED) is 0.704. The highest BCUT2D eigenvalue weighted by Gasteiger charge is 2.18. The second-order valence-electron chi connectivity index (χ2n) is 6.33. The van der Waals surface area contributed by atoms with E-state index in [0.717, 1.165) is 11.6 Å². The third kappa shape index (κ3) is 5.10. The molecule has 2 aromatic rings. The van der Waals surface area contributed by atoms with Crippen LogP contribution in [0, 0.1) is 6.92 Å². The molecule has 2 N–H and O–H groups in total. The standard InChI is InChI=1S/C20H24N2O5S/c1-4-22(5-2)19(23)12-15-7-9-16(10-8-15)21-28(26,27)17-11-6-14(3)18(13-17)20(24)25/h6-11,13,21H,4-5,12H2,1-3H3,(H,24,25). The average molecular weight is 404 g/mol. The molecule has 28 heavy (non-hydrogen) atoms. The molecule has 0 saturated heterocycles. The van der Waals surface area contributed by atoms with Gasteiger partial charge in [-0.05, 0) is 56.2 Å². The smallest absolute Gasteiger partial charge is 0.335 e. The Bertz CT molecular complexity index is 965. The molecule has 0 spiro atoms. The van der Waals surface area contributed by atoms with Crippen LogP contribution < -0.4 is 4.72 Å². The molecular weight excluding hydrogens is 380 g/mol. The number of carbonyl (C=O) groups excluding carboxylic acids is 1. The molecule has 7 nitrogen and oxygen atoms in total. The van der Waals surface area contributed by atoms with Gasteiger partial charge in [-0.2, -0.15) is 0 Å². The van der Waals surface area contributed by atoms with Crippen molar-refractivity contribution in [3.05, 3.63) is 59.2 Å². The van der Waals surface area contributed by atoms with Gasteiger partial charge in [0.2, 0.25) is 5.91 Å². The summed E-state index contributed by atoms with van der Waals surface area (Å²) in [4.78, 5) is 25.0. The predicted octanol–water partition coefficient (Wildman–Crippen LogP) is 2.90. The van der Waals surface area contributed by atoms with Crippen molar-refractivity contribution in [1.29, 1.82) is 0 Å². The molecule has 0 bridgehead atoms. The van der Waals surface area contributed by atoms with Gasteiger partial charge in [0.25, 0.3) is 10.0 Å². The molecule has 8 heteroatoms. The van der Waals surface area contributed by atoms with Crippen LogP contribution >= 0.6 is 0 Å². The summed E-state index contributed by atoms with van der Waals surface area (Å²) in [5.41, 5.74) is 1.53. The molecule has 1 amide bonds. The number of nitrogens with zero attached hydrogens (tertiary/aromatic N) is 1. The van der Waals surface area contributed by atoms with Crippen LogP contribution in [-0.4, -0.2) is 43.4 Å². The van der Waals surface area contributed by atoms with E-state index >= 15 is 0 Å². The van der Waals surface area contributed by atoms with Crippen LogP contribution in [0.25, 0.3) is 0 Å². The molecule has 0 saturated carbocycles. The fourth-order valence-corrected chi connectivity index (χ4v) is 3.85. The first-order chi connectivity index (χ1) is 13.2. The summed E-state index contributed by atoms with van der Waals surface area (Å²) >= 11 is 0. The summed E-state index contributed by atoms with van der Waals surface area (Å²) in [6.45, 7) is 6.72. The van der Waals surface area contributed by atoms with Gasteiger partial charge in [0.05, 0.1) is 16.9 Å². The van der Waals surface area contributed by atoms with E-state index in [1.165, 1.54) is 12.1 Å². The SMILES string of the molecule is CCN(CC)C(=O)Cc1ccc(NS(=O)(=O)c2ccc(C)c(C(=O)O)c2)cc1.